The number of rotatable bonds is 8. The molecule has 1 N–H and O–H groups in total. The average Bonchev–Trinajstić information content (AvgIpc) is 3.78. The molecule has 0 unspecified atom stereocenters. The van der Waals surface area contributed by atoms with E-state index in [4.69, 9.17) is 8.85 Å². The van der Waals surface area contributed by atoms with Crippen LogP contribution in [0.4, 0.5) is 4.39 Å². The Bertz CT molecular complexity index is 2620. The number of pyridine rings is 1. The van der Waals surface area contributed by atoms with Crippen LogP contribution in [0, 0.1) is 11.9 Å². The number of nitrogens with one attached hydrogen (secondary N) is 1. The Morgan fingerprint density at radius 2 is 1.78 bits per heavy atom. The summed E-state index contributed by atoms with van der Waals surface area (Å²) >= 11 is 0. The Kier molecular flexibility index (Phi) is 6.90. The highest BCUT2D eigenvalue weighted by Crippen LogP contribution is 2.47. The van der Waals surface area contributed by atoms with Gasteiger partial charge < -0.3 is 10.1 Å². The van der Waals surface area contributed by atoms with Gasteiger partial charge in [0.1, 0.15) is 5.75 Å². The maximum absolute atomic E-state index is 16.2. The molecular weight excluding hydrogens is 674 g/mol. The fourth-order valence-corrected chi connectivity index (χ4v) is 8.98. The van der Waals surface area contributed by atoms with Crippen molar-refractivity contribution < 1.29 is 26.5 Å². The van der Waals surface area contributed by atoms with E-state index >= 15 is 4.39 Å². The molecule has 14 heteroatoms. The molecule has 51 heavy (non-hydrogen) atoms. The van der Waals surface area contributed by atoms with Crippen LogP contribution < -0.4 is 15.7 Å². The number of aromatic nitrogens is 6. The molecule has 264 valence electrons. The average molecular weight is 715 g/mol. The van der Waals surface area contributed by atoms with Crippen molar-refractivity contribution in [3.05, 3.63) is 83.4 Å². The molecule has 6 aromatic rings. The number of fused-ring (bicyclic) bond motifs is 3. The summed E-state index contributed by atoms with van der Waals surface area (Å²) < 4.78 is 79.6. The zero-order valence-electron chi connectivity index (χ0n) is 31.3. The van der Waals surface area contributed by atoms with E-state index < -0.39 is 34.0 Å². The number of nitrogens with zero attached hydrogens (tertiary/aromatic N) is 6. The smallest absolute Gasteiger partial charge is 0.329 e. The SMILES string of the molecule is [2H]C([2H])([2H])n1cc(-c2c(-c3ccc(OC)cc3)c3c(ncc4c3n(C3CCC(C)(NC(=O)C5CC5)CC3)c(=O)n4C)n2S(=O)(=O)c2ccccc2)c(F)n1. The maximum atomic E-state index is 16.2. The highest BCUT2D eigenvalue weighted by molar-refractivity contribution is 7.90. The minimum Gasteiger partial charge on any atom is -0.497 e. The minimum atomic E-state index is -4.58. The van der Waals surface area contributed by atoms with Gasteiger partial charge in [-0.05, 0) is 75.3 Å². The monoisotopic (exact) mass is 714 g/mol. The Morgan fingerprint density at radius 1 is 1.08 bits per heavy atom. The van der Waals surface area contributed by atoms with Gasteiger partial charge in [0.2, 0.25) is 11.9 Å². The first kappa shape index (κ1) is 29.5. The predicted molar refractivity (Wildman–Crippen MR) is 190 cm³/mol. The van der Waals surface area contributed by atoms with E-state index in [1.807, 2.05) is 6.92 Å². The van der Waals surface area contributed by atoms with Crippen molar-refractivity contribution in [2.45, 2.75) is 61.9 Å². The lowest BCUT2D eigenvalue weighted by molar-refractivity contribution is -0.124. The number of carbonyl (C=O) groups is 1. The van der Waals surface area contributed by atoms with Gasteiger partial charge in [0.25, 0.3) is 10.0 Å². The Morgan fingerprint density at radius 3 is 2.41 bits per heavy atom. The molecule has 8 rings (SSSR count). The van der Waals surface area contributed by atoms with E-state index in [-0.39, 0.29) is 50.7 Å². The number of halogens is 1. The third-order valence-corrected chi connectivity index (χ3v) is 12.1. The van der Waals surface area contributed by atoms with Crippen molar-refractivity contribution in [3.63, 3.8) is 0 Å². The molecule has 0 bridgehead atoms. The molecule has 0 spiro atoms. The lowest BCUT2D eigenvalue weighted by atomic mass is 9.80. The second kappa shape index (κ2) is 11.9. The lowest BCUT2D eigenvalue weighted by Gasteiger charge is -2.38. The topological polar surface area (TPSA) is 135 Å². The molecular formula is C37H38FN7O5S. The van der Waals surface area contributed by atoms with Crippen molar-refractivity contribution in [1.82, 2.24) is 33.2 Å². The second-order valence-corrected chi connectivity index (χ2v) is 15.6. The van der Waals surface area contributed by atoms with Gasteiger partial charge in [0, 0.05) is 47.4 Å². The number of ether oxygens (including phenoxy) is 1. The summed E-state index contributed by atoms with van der Waals surface area (Å²) in [5, 5.41) is 7.14. The Balaban J connectivity index is 1.46. The zero-order chi connectivity index (χ0) is 38.3. The molecule has 2 saturated carbocycles. The van der Waals surface area contributed by atoms with E-state index in [9.17, 15) is 18.0 Å². The molecule has 0 atom stereocenters. The molecule has 2 aliphatic rings. The molecule has 0 saturated heterocycles. The summed E-state index contributed by atoms with van der Waals surface area (Å²) in [7, 11) is -1.46. The number of benzene rings is 2. The molecule has 0 aliphatic heterocycles. The summed E-state index contributed by atoms with van der Waals surface area (Å²) in [6.45, 7) is -0.859. The summed E-state index contributed by atoms with van der Waals surface area (Å²) in [5.41, 5.74) is -0.0712. The van der Waals surface area contributed by atoms with Crippen LogP contribution in [0.5, 0.6) is 5.75 Å². The molecule has 12 nitrogen and oxygen atoms in total. The minimum absolute atomic E-state index is 0.0535. The molecule has 0 radical (unpaired) electrons. The third-order valence-electron chi connectivity index (χ3n) is 10.4. The fraction of sp³-hybridized carbons (Fsp3) is 0.351. The second-order valence-electron chi connectivity index (χ2n) is 13.8. The number of amides is 1. The largest absolute Gasteiger partial charge is 0.497 e. The van der Waals surface area contributed by atoms with Crippen LogP contribution in [0.15, 0.2) is 76.7 Å². The van der Waals surface area contributed by atoms with Gasteiger partial charge in [-0.1, -0.05) is 30.3 Å². The summed E-state index contributed by atoms with van der Waals surface area (Å²) in [6, 6.07) is 13.9. The van der Waals surface area contributed by atoms with Crippen LogP contribution in [-0.2, 0) is 28.8 Å². The van der Waals surface area contributed by atoms with Crippen molar-refractivity contribution >= 4 is 38.0 Å². The molecule has 2 fully saturated rings. The van der Waals surface area contributed by atoms with Crippen LogP contribution in [0.3, 0.4) is 0 Å². The summed E-state index contributed by atoms with van der Waals surface area (Å²) in [4.78, 5) is 31.6. The van der Waals surface area contributed by atoms with Gasteiger partial charge in [0.05, 0.1) is 45.9 Å². The quantitative estimate of drug-likeness (QED) is 0.219. The van der Waals surface area contributed by atoms with E-state index in [2.05, 4.69) is 15.4 Å². The van der Waals surface area contributed by atoms with Gasteiger partial charge in [-0.15, -0.1) is 5.10 Å². The van der Waals surface area contributed by atoms with Crippen molar-refractivity contribution in [1.29, 1.82) is 0 Å². The molecule has 2 aliphatic carbocycles. The van der Waals surface area contributed by atoms with Gasteiger partial charge >= 0.3 is 5.69 Å². The zero-order valence-corrected chi connectivity index (χ0v) is 29.1. The molecule has 4 aromatic heterocycles. The van der Waals surface area contributed by atoms with Gasteiger partial charge in [-0.25, -0.2) is 22.2 Å². The summed E-state index contributed by atoms with van der Waals surface area (Å²) in [6.07, 6.45) is 6.46. The predicted octanol–water partition coefficient (Wildman–Crippen LogP) is 5.54. The van der Waals surface area contributed by atoms with Crippen LogP contribution >= 0.6 is 0 Å². The van der Waals surface area contributed by atoms with E-state index in [1.165, 1.54) is 30.0 Å². The fourth-order valence-electron chi connectivity index (χ4n) is 7.47. The molecule has 4 heterocycles. The van der Waals surface area contributed by atoms with Gasteiger partial charge in [-0.3, -0.25) is 18.6 Å². The van der Waals surface area contributed by atoms with Gasteiger partial charge in [-0.2, -0.15) is 4.39 Å². The standard InChI is InChI=1S/C37H38FN7O5S/c1-37(40-35(46)23-10-11-23)18-16-24(17-19-37)44-32-28(43(3)36(44)47)20-39-34-30(32)29(22-12-14-25(50-4)15-13-22)31(27-21-42(2)41-33(27)38)45(34)51(48,49)26-8-6-5-7-9-26/h5-9,12-15,20-21,23-24H,10-11,16-19H2,1-4H3,(H,40,46)/i2D3. The van der Waals surface area contributed by atoms with E-state index in [0.29, 0.717) is 52.7 Å². The normalized spacial score (nSPS) is 20.6. The molecule has 2 aromatic carbocycles. The van der Waals surface area contributed by atoms with Crippen molar-refractivity contribution in [3.8, 4) is 28.1 Å². The van der Waals surface area contributed by atoms with E-state index in [0.717, 1.165) is 23.0 Å². The Hall–Kier alpha value is -5.24. The third kappa shape index (κ3) is 5.34. The van der Waals surface area contributed by atoms with Crippen LogP contribution in [0.2, 0.25) is 0 Å². The van der Waals surface area contributed by atoms with Crippen LogP contribution in [0.25, 0.3) is 44.5 Å². The lowest BCUT2D eigenvalue weighted by Crippen LogP contribution is -2.49. The maximum Gasteiger partial charge on any atom is 0.329 e. The number of carbonyl (C=O) groups excluding carboxylic acids is 1. The number of methoxy groups -OCH3 is 1. The van der Waals surface area contributed by atoms with Gasteiger partial charge in [0.15, 0.2) is 5.65 Å². The highest BCUT2D eigenvalue weighted by atomic mass is 32.2. The Labute approximate surface area is 297 Å². The first-order valence-corrected chi connectivity index (χ1v) is 18.2. The van der Waals surface area contributed by atoms with Crippen molar-refractivity contribution in [2.24, 2.45) is 19.9 Å². The van der Waals surface area contributed by atoms with E-state index in [1.54, 1.807) is 54.1 Å². The first-order chi connectivity index (χ1) is 25.6. The number of hydrogen-bond donors (Lipinski definition) is 1. The number of hydrogen-bond acceptors (Lipinski definition) is 7. The van der Waals surface area contributed by atoms with Crippen molar-refractivity contribution in [2.75, 3.05) is 7.11 Å². The number of imidazole rings is 1. The molecule has 1 amide bonds. The number of aryl methyl sites for hydroxylation is 2. The summed E-state index contributed by atoms with van der Waals surface area (Å²) in [5.74, 6) is -0.604. The first-order valence-electron chi connectivity index (χ1n) is 18.3. The highest BCUT2D eigenvalue weighted by Gasteiger charge is 2.40. The van der Waals surface area contributed by atoms with Crippen LogP contribution in [-0.4, -0.2) is 54.8 Å². The van der Waals surface area contributed by atoms with Crippen LogP contribution in [0.1, 0.15) is 55.6 Å².